The second-order valence-electron chi connectivity index (χ2n) is 5.28. The Kier molecular flexibility index (Phi) is 3.65. The van der Waals surface area contributed by atoms with Crippen molar-refractivity contribution in [3.05, 3.63) is 56.5 Å². The molecule has 0 radical (unpaired) electrons. The van der Waals surface area contributed by atoms with E-state index in [9.17, 15) is 0 Å². The Hall–Kier alpha value is -1.19. The molecule has 4 heteroatoms. The molecule has 0 amide bonds. The van der Waals surface area contributed by atoms with Crippen LogP contribution in [0.15, 0.2) is 34.8 Å². The molecule has 3 N–H and O–H groups in total. The minimum Gasteiger partial charge on any atom is -0.399 e. The molecule has 0 aromatic heterocycles. The third kappa shape index (κ3) is 2.52. The fraction of sp³-hybridized carbons (Fsp3) is 0.250. The number of benzene rings is 2. The molecule has 0 fully saturated rings. The number of anilines is 2. The van der Waals surface area contributed by atoms with Gasteiger partial charge in [-0.25, -0.2) is 0 Å². The van der Waals surface area contributed by atoms with Gasteiger partial charge in [-0.1, -0.05) is 17.7 Å². The first kappa shape index (κ1) is 13.8. The largest absolute Gasteiger partial charge is 0.399 e. The van der Waals surface area contributed by atoms with E-state index in [1.165, 1.54) is 11.1 Å². The highest BCUT2D eigenvalue weighted by atomic mass is 79.9. The van der Waals surface area contributed by atoms with E-state index in [-0.39, 0.29) is 0 Å². The molecule has 0 saturated heterocycles. The second-order valence-corrected chi connectivity index (χ2v) is 6.54. The highest BCUT2D eigenvalue weighted by Crippen LogP contribution is 2.38. The van der Waals surface area contributed by atoms with E-state index in [4.69, 9.17) is 17.3 Å². The monoisotopic (exact) mass is 350 g/mol. The average Bonchev–Trinajstić information content (AvgIpc) is 2.78. The average molecular weight is 352 g/mol. The van der Waals surface area contributed by atoms with Gasteiger partial charge in [-0.3, -0.25) is 0 Å². The van der Waals surface area contributed by atoms with E-state index in [2.05, 4.69) is 33.4 Å². The summed E-state index contributed by atoms with van der Waals surface area (Å²) in [5, 5.41) is 4.36. The minimum atomic E-state index is 0.320. The Morgan fingerprint density at radius 1 is 1.30 bits per heavy atom. The molecule has 0 heterocycles. The van der Waals surface area contributed by atoms with Crippen LogP contribution in [0.25, 0.3) is 0 Å². The van der Waals surface area contributed by atoms with Crippen LogP contribution in [0.1, 0.15) is 29.2 Å². The zero-order chi connectivity index (χ0) is 14.3. The lowest BCUT2D eigenvalue weighted by molar-refractivity contribution is 0.761. The summed E-state index contributed by atoms with van der Waals surface area (Å²) in [6.45, 7) is 2.00. The third-order valence-electron chi connectivity index (χ3n) is 3.82. The van der Waals surface area contributed by atoms with Gasteiger partial charge >= 0.3 is 0 Å². The third-order valence-corrected chi connectivity index (χ3v) is 4.89. The summed E-state index contributed by atoms with van der Waals surface area (Å²) in [6, 6.07) is 10.5. The molecule has 0 aliphatic heterocycles. The van der Waals surface area contributed by atoms with Gasteiger partial charge in [-0.2, -0.15) is 0 Å². The van der Waals surface area contributed by atoms with Crippen molar-refractivity contribution in [2.24, 2.45) is 0 Å². The maximum absolute atomic E-state index is 6.21. The van der Waals surface area contributed by atoms with Crippen molar-refractivity contribution in [2.45, 2.75) is 25.8 Å². The molecule has 1 aliphatic carbocycles. The molecule has 2 nitrogen and oxygen atoms in total. The van der Waals surface area contributed by atoms with Gasteiger partial charge in [0.25, 0.3) is 0 Å². The summed E-state index contributed by atoms with van der Waals surface area (Å²) in [5.41, 5.74) is 11.5. The number of hydrogen-bond donors (Lipinski definition) is 2. The zero-order valence-corrected chi connectivity index (χ0v) is 13.6. The molecule has 104 valence electrons. The SMILES string of the molecule is Cc1cc(Br)c(NC2CCc3cc(N)ccc32)cc1Cl. The van der Waals surface area contributed by atoms with Crippen molar-refractivity contribution in [2.75, 3.05) is 11.1 Å². The summed E-state index contributed by atoms with van der Waals surface area (Å²) in [4.78, 5) is 0. The Morgan fingerprint density at radius 3 is 2.90 bits per heavy atom. The minimum absolute atomic E-state index is 0.320. The van der Waals surface area contributed by atoms with Crippen molar-refractivity contribution < 1.29 is 0 Å². The summed E-state index contributed by atoms with van der Waals surface area (Å²) in [5.74, 6) is 0. The van der Waals surface area contributed by atoms with Gasteiger partial charge in [0.05, 0.1) is 11.7 Å². The number of fused-ring (bicyclic) bond motifs is 1. The Labute approximate surface area is 132 Å². The first-order chi connectivity index (χ1) is 9.54. The normalized spacial score (nSPS) is 17.1. The van der Waals surface area contributed by atoms with Crippen LogP contribution in [-0.4, -0.2) is 0 Å². The topological polar surface area (TPSA) is 38.0 Å². The number of aryl methyl sites for hydroxylation is 2. The van der Waals surface area contributed by atoms with Gasteiger partial charge in [0.2, 0.25) is 0 Å². The molecule has 1 aliphatic rings. The highest BCUT2D eigenvalue weighted by molar-refractivity contribution is 9.10. The molecule has 1 atom stereocenters. The van der Waals surface area contributed by atoms with E-state index in [1.807, 2.05) is 25.1 Å². The van der Waals surface area contributed by atoms with E-state index in [0.717, 1.165) is 39.3 Å². The Morgan fingerprint density at radius 2 is 2.10 bits per heavy atom. The van der Waals surface area contributed by atoms with Crippen LogP contribution in [0.2, 0.25) is 5.02 Å². The van der Waals surface area contributed by atoms with Crippen LogP contribution >= 0.6 is 27.5 Å². The maximum Gasteiger partial charge on any atom is 0.0520 e. The molecule has 1 unspecified atom stereocenters. The number of nitrogens with two attached hydrogens (primary N) is 1. The summed E-state index contributed by atoms with van der Waals surface area (Å²) in [6.07, 6.45) is 2.14. The lowest BCUT2D eigenvalue weighted by atomic mass is 10.1. The van der Waals surface area contributed by atoms with Crippen LogP contribution < -0.4 is 11.1 Å². The zero-order valence-electron chi connectivity index (χ0n) is 11.2. The fourth-order valence-corrected chi connectivity index (χ4v) is 3.47. The molecule has 0 bridgehead atoms. The van der Waals surface area contributed by atoms with Crippen LogP contribution in [0.4, 0.5) is 11.4 Å². The quantitative estimate of drug-likeness (QED) is 0.739. The van der Waals surface area contributed by atoms with Gasteiger partial charge in [-0.15, -0.1) is 0 Å². The van der Waals surface area contributed by atoms with Crippen molar-refractivity contribution in [1.82, 2.24) is 0 Å². The van der Waals surface area contributed by atoms with Crippen LogP contribution in [0.5, 0.6) is 0 Å². The van der Waals surface area contributed by atoms with Crippen molar-refractivity contribution in [1.29, 1.82) is 0 Å². The number of nitrogens with one attached hydrogen (secondary N) is 1. The number of hydrogen-bond acceptors (Lipinski definition) is 2. The van der Waals surface area contributed by atoms with Gasteiger partial charge in [0.1, 0.15) is 0 Å². The maximum atomic E-state index is 6.21. The number of nitrogen functional groups attached to an aromatic ring is 1. The molecular formula is C16H16BrClN2. The smallest absolute Gasteiger partial charge is 0.0520 e. The van der Waals surface area contributed by atoms with Gasteiger partial charge in [0, 0.05) is 15.2 Å². The number of halogens is 2. The molecule has 0 spiro atoms. The summed E-state index contributed by atoms with van der Waals surface area (Å²) in [7, 11) is 0. The van der Waals surface area contributed by atoms with Crippen molar-refractivity contribution >= 4 is 38.9 Å². The van der Waals surface area contributed by atoms with E-state index in [0.29, 0.717) is 6.04 Å². The standard InChI is InChI=1S/C16H16BrClN2/c1-9-6-13(17)16(8-14(9)18)20-15-5-2-10-7-11(19)3-4-12(10)15/h3-4,6-8,15,20H,2,5,19H2,1H3. The Bertz CT molecular complexity index is 670. The van der Waals surface area contributed by atoms with Crippen LogP contribution in [0, 0.1) is 6.92 Å². The first-order valence-electron chi connectivity index (χ1n) is 6.65. The second kappa shape index (κ2) is 5.30. The van der Waals surface area contributed by atoms with Gasteiger partial charge < -0.3 is 11.1 Å². The Balaban J connectivity index is 1.89. The highest BCUT2D eigenvalue weighted by Gasteiger charge is 2.23. The lowest BCUT2D eigenvalue weighted by Crippen LogP contribution is -2.07. The van der Waals surface area contributed by atoms with E-state index < -0.39 is 0 Å². The lowest BCUT2D eigenvalue weighted by Gasteiger charge is -2.18. The molecule has 2 aromatic rings. The predicted octanol–water partition coefficient (Wildman–Crippen LogP) is 5.09. The van der Waals surface area contributed by atoms with Gasteiger partial charge in [0.15, 0.2) is 0 Å². The molecular weight excluding hydrogens is 336 g/mol. The number of rotatable bonds is 2. The van der Waals surface area contributed by atoms with E-state index in [1.54, 1.807) is 0 Å². The van der Waals surface area contributed by atoms with E-state index >= 15 is 0 Å². The van der Waals surface area contributed by atoms with Crippen LogP contribution in [-0.2, 0) is 6.42 Å². The fourth-order valence-electron chi connectivity index (χ4n) is 2.73. The molecule has 2 aromatic carbocycles. The molecule has 20 heavy (non-hydrogen) atoms. The molecule has 3 rings (SSSR count). The molecule has 0 saturated carbocycles. The summed E-state index contributed by atoms with van der Waals surface area (Å²) >= 11 is 9.81. The van der Waals surface area contributed by atoms with Crippen molar-refractivity contribution in [3.63, 3.8) is 0 Å². The summed E-state index contributed by atoms with van der Waals surface area (Å²) < 4.78 is 1.04. The van der Waals surface area contributed by atoms with Gasteiger partial charge in [-0.05, 0) is 76.7 Å². The van der Waals surface area contributed by atoms with Crippen molar-refractivity contribution in [3.8, 4) is 0 Å². The first-order valence-corrected chi connectivity index (χ1v) is 7.82. The van der Waals surface area contributed by atoms with Crippen LogP contribution in [0.3, 0.4) is 0 Å². The predicted molar refractivity (Wildman–Crippen MR) is 89.4 cm³/mol.